The number of halogens is 1. The molecule has 2 aromatic rings. The van der Waals surface area contributed by atoms with Crippen molar-refractivity contribution >= 4 is 46.7 Å². The molecule has 1 aromatic heterocycles. The lowest BCUT2D eigenvalue weighted by Crippen LogP contribution is -2.50. The van der Waals surface area contributed by atoms with E-state index >= 15 is 0 Å². The zero-order valence-corrected chi connectivity index (χ0v) is 35.8. The number of rotatable bonds is 28. The van der Waals surface area contributed by atoms with E-state index in [2.05, 4.69) is 45.8 Å². The normalized spacial score (nSPS) is 15.6. The van der Waals surface area contributed by atoms with Crippen LogP contribution in [0.5, 0.6) is 5.75 Å². The van der Waals surface area contributed by atoms with Gasteiger partial charge in [0.2, 0.25) is 11.8 Å². The lowest BCUT2D eigenvalue weighted by molar-refractivity contribution is -0.136. The molecule has 14 nitrogen and oxygen atoms in total. The van der Waals surface area contributed by atoms with Gasteiger partial charge in [-0.25, -0.2) is 0 Å². The van der Waals surface area contributed by atoms with Crippen LogP contribution in [0.2, 0.25) is 5.02 Å². The molecule has 0 saturated heterocycles. The first kappa shape index (κ1) is 48.8. The molecule has 1 aliphatic carbocycles. The number of benzene rings is 1. The first-order chi connectivity index (χ1) is 28.1. The van der Waals surface area contributed by atoms with Crippen LogP contribution in [0.4, 0.5) is 0 Å². The summed E-state index contributed by atoms with van der Waals surface area (Å²) in [6.45, 7) is 11.5. The number of amides is 3. The van der Waals surface area contributed by atoms with Gasteiger partial charge in [-0.05, 0) is 88.2 Å². The summed E-state index contributed by atoms with van der Waals surface area (Å²) >= 11 is 6.15. The van der Waals surface area contributed by atoms with E-state index in [4.69, 9.17) is 22.5 Å². The Hall–Kier alpha value is -4.58. The van der Waals surface area contributed by atoms with Gasteiger partial charge in [0.1, 0.15) is 17.6 Å². The Morgan fingerprint density at radius 3 is 2.25 bits per heavy atom. The summed E-state index contributed by atoms with van der Waals surface area (Å²) in [7, 11) is 0. The number of aliphatic hydroxyl groups excluding tert-OH is 1. The highest BCUT2D eigenvalue weighted by Gasteiger charge is 2.41. The van der Waals surface area contributed by atoms with Crippen molar-refractivity contribution in [3.8, 4) is 18.1 Å². The van der Waals surface area contributed by atoms with Gasteiger partial charge in [-0.15, -0.1) is 12.3 Å². The third kappa shape index (κ3) is 15.5. The third-order valence-electron chi connectivity index (χ3n) is 11.2. The Morgan fingerprint density at radius 1 is 0.966 bits per heavy atom. The molecule has 59 heavy (non-hydrogen) atoms. The van der Waals surface area contributed by atoms with E-state index in [0.29, 0.717) is 43.4 Å². The number of phenols is 1. The van der Waals surface area contributed by atoms with Crippen molar-refractivity contribution in [3.05, 3.63) is 46.3 Å². The molecule has 3 amide bonds. The number of aliphatic hydroxyl groups is 1. The number of aryl methyl sites for hydroxylation is 1. The molecular formula is C44H62ClN5O9. The smallest absolute Gasteiger partial charge is 0.274 e. The molecule has 1 saturated carbocycles. The van der Waals surface area contributed by atoms with Crippen molar-refractivity contribution in [1.29, 1.82) is 0 Å². The largest absolute Gasteiger partial charge is 0.506 e. The number of nitrogens with one attached hydrogen (secondary N) is 3. The zero-order chi connectivity index (χ0) is 43.6. The van der Waals surface area contributed by atoms with Gasteiger partial charge >= 0.3 is 0 Å². The number of unbranched alkanes of at least 4 members (excludes halogenated alkanes) is 1. The van der Waals surface area contributed by atoms with Crippen molar-refractivity contribution in [3.63, 3.8) is 0 Å². The van der Waals surface area contributed by atoms with Crippen LogP contribution in [0.25, 0.3) is 0 Å². The molecule has 1 fully saturated rings. The van der Waals surface area contributed by atoms with Crippen molar-refractivity contribution in [2.75, 3.05) is 26.2 Å². The molecule has 324 valence electrons. The fourth-order valence-corrected chi connectivity index (χ4v) is 7.28. The van der Waals surface area contributed by atoms with E-state index < -0.39 is 65.9 Å². The standard InChI is InChI=1S/C44H62ClN5O9/c1-7-11-15-38(53)36(26-51)47-42(56)31(14-12-13-20-50(9-3)10-4)24-40(55)41(27(5)8-2)48-43(57)32(30-17-18-30)25-39(54)34(23-29-16-19-37(52)33(45)22-29)46-44(58)35-21-28(6)59-49-35/h1,16,19,21-22,27,30-32,34,36,41,51-52H,8-15,17-18,20,23-26H2,2-6H3,(H,46,58)(H,47,56)(H,48,57)/t27-,31+,32-,34-,36-,41?/m0/s1. The molecule has 15 heteroatoms. The first-order valence-electron chi connectivity index (χ1n) is 20.8. The predicted octanol–water partition coefficient (Wildman–Crippen LogP) is 4.75. The molecule has 3 rings (SSSR count). The summed E-state index contributed by atoms with van der Waals surface area (Å²) < 4.78 is 5.04. The van der Waals surface area contributed by atoms with E-state index in [1.165, 1.54) is 18.2 Å². The molecule has 0 radical (unpaired) electrons. The minimum Gasteiger partial charge on any atom is -0.506 e. The van der Waals surface area contributed by atoms with Gasteiger partial charge in [0.05, 0.1) is 23.7 Å². The number of Topliss-reactive ketones (excluding diaryl/α,β-unsaturated/α-hetero) is 3. The Labute approximate surface area is 352 Å². The number of nitrogens with zero attached hydrogens (tertiary/aromatic N) is 2. The number of aromatic hydroxyl groups is 1. The lowest BCUT2D eigenvalue weighted by Gasteiger charge is -2.28. The molecule has 1 aromatic carbocycles. The highest BCUT2D eigenvalue weighted by atomic mass is 35.5. The highest BCUT2D eigenvalue weighted by molar-refractivity contribution is 6.32. The van der Waals surface area contributed by atoms with Crippen LogP contribution in [0.3, 0.4) is 0 Å². The molecule has 6 atom stereocenters. The van der Waals surface area contributed by atoms with E-state index in [1.54, 1.807) is 13.0 Å². The second kappa shape index (κ2) is 24.5. The fourth-order valence-electron chi connectivity index (χ4n) is 7.08. The minimum atomic E-state index is -1.16. The first-order valence-corrected chi connectivity index (χ1v) is 21.2. The number of ketones is 3. The minimum absolute atomic E-state index is 0.0121. The van der Waals surface area contributed by atoms with E-state index in [1.807, 2.05) is 13.8 Å². The molecule has 5 N–H and O–H groups in total. The average molecular weight is 840 g/mol. The maximum absolute atomic E-state index is 14.2. The number of hydrogen-bond donors (Lipinski definition) is 5. The summed E-state index contributed by atoms with van der Waals surface area (Å²) in [5, 5.41) is 32.0. The molecule has 1 aliphatic rings. The van der Waals surface area contributed by atoms with Crippen molar-refractivity contribution in [2.45, 2.75) is 123 Å². The predicted molar refractivity (Wildman–Crippen MR) is 223 cm³/mol. The Bertz CT molecular complexity index is 1780. The Morgan fingerprint density at radius 2 is 1.68 bits per heavy atom. The SMILES string of the molecule is C#CCCC(=O)[C@H](CO)NC(=O)[C@H](CCCCN(CC)CC)CC(=O)C(NC(=O)[C@@H](CC(=O)[C@H](Cc1ccc(O)c(Cl)c1)NC(=O)c1cc(C)on1)C1CC1)[C@@H](C)CC. The van der Waals surface area contributed by atoms with Crippen molar-refractivity contribution in [2.24, 2.45) is 23.7 Å². The molecule has 0 spiro atoms. The van der Waals surface area contributed by atoms with Crippen LogP contribution >= 0.6 is 11.6 Å². The number of hydrogen-bond acceptors (Lipinski definition) is 11. The average Bonchev–Trinajstić information content (AvgIpc) is 3.97. The van der Waals surface area contributed by atoms with E-state index in [-0.39, 0.29) is 66.2 Å². The number of terminal acetylenes is 1. The number of carbonyl (C=O) groups is 6. The summed E-state index contributed by atoms with van der Waals surface area (Å²) in [5.41, 5.74) is 0.542. The van der Waals surface area contributed by atoms with Crippen LogP contribution in [0, 0.1) is 42.9 Å². The van der Waals surface area contributed by atoms with Gasteiger partial charge in [-0.3, -0.25) is 28.8 Å². The summed E-state index contributed by atoms with van der Waals surface area (Å²) in [6, 6.07) is 2.69. The topological polar surface area (TPSA) is 208 Å². The van der Waals surface area contributed by atoms with Crippen molar-refractivity contribution < 1.29 is 43.5 Å². The third-order valence-corrected chi connectivity index (χ3v) is 11.5. The van der Waals surface area contributed by atoms with Gasteiger partial charge in [0, 0.05) is 43.6 Å². The van der Waals surface area contributed by atoms with Gasteiger partial charge in [0.15, 0.2) is 23.0 Å². The van der Waals surface area contributed by atoms with Crippen LogP contribution in [0.15, 0.2) is 28.8 Å². The molecule has 1 heterocycles. The van der Waals surface area contributed by atoms with Crippen LogP contribution in [-0.4, -0.2) is 99.7 Å². The summed E-state index contributed by atoms with van der Waals surface area (Å²) in [6.07, 6.45) is 8.75. The van der Waals surface area contributed by atoms with E-state index in [0.717, 1.165) is 26.1 Å². The molecule has 1 unspecified atom stereocenters. The van der Waals surface area contributed by atoms with Crippen molar-refractivity contribution in [1.82, 2.24) is 26.0 Å². The second-order valence-corrected chi connectivity index (χ2v) is 16.0. The maximum atomic E-state index is 14.2. The Kier molecular flexibility index (Phi) is 20.3. The molecule has 0 aliphatic heterocycles. The Balaban J connectivity index is 1.82. The summed E-state index contributed by atoms with van der Waals surface area (Å²) in [4.78, 5) is 84.3. The quantitative estimate of drug-likeness (QED) is 0.0584. The van der Waals surface area contributed by atoms with Gasteiger partial charge in [-0.1, -0.05) is 63.4 Å². The number of aromatic nitrogens is 1. The van der Waals surface area contributed by atoms with Crippen LogP contribution < -0.4 is 16.0 Å². The van der Waals surface area contributed by atoms with Gasteiger partial charge in [-0.2, -0.15) is 0 Å². The monoisotopic (exact) mass is 839 g/mol. The zero-order valence-electron chi connectivity index (χ0n) is 35.1. The number of carbonyl (C=O) groups excluding carboxylic acids is 6. The summed E-state index contributed by atoms with van der Waals surface area (Å²) in [5.74, 6) is -2.23. The van der Waals surface area contributed by atoms with Crippen LogP contribution in [0.1, 0.15) is 114 Å². The molecule has 0 bridgehead atoms. The van der Waals surface area contributed by atoms with Crippen LogP contribution in [-0.2, 0) is 30.4 Å². The fraction of sp³-hybridized carbons (Fsp3) is 0.614. The van der Waals surface area contributed by atoms with Gasteiger partial charge in [0.25, 0.3) is 5.91 Å². The molecular weight excluding hydrogens is 778 g/mol. The maximum Gasteiger partial charge on any atom is 0.274 e. The second-order valence-electron chi connectivity index (χ2n) is 15.6. The lowest BCUT2D eigenvalue weighted by atomic mass is 9.86. The number of phenolic OH excluding ortho intramolecular Hbond substituents is 1. The van der Waals surface area contributed by atoms with E-state index in [9.17, 15) is 39.0 Å². The van der Waals surface area contributed by atoms with Gasteiger partial charge < -0.3 is 35.6 Å². The highest BCUT2D eigenvalue weighted by Crippen LogP contribution is 2.39.